The first-order valence-corrected chi connectivity index (χ1v) is 7.79. The Hall–Kier alpha value is -2.41. The fourth-order valence-corrected chi connectivity index (χ4v) is 1.69. The maximum atomic E-state index is 13.1. The molecule has 24 heavy (non-hydrogen) atoms. The summed E-state index contributed by atoms with van der Waals surface area (Å²) in [4.78, 5) is 23.3. The topological polar surface area (TPSA) is 96.2 Å². The minimum atomic E-state index is -0.718. The highest BCUT2D eigenvalue weighted by atomic mass is 19.1. The molecule has 132 valence electrons. The molecule has 1 aromatic carbocycles. The normalized spacial score (nSPS) is 17.7. The van der Waals surface area contributed by atoms with Crippen LogP contribution in [-0.2, 0) is 9.59 Å². The fourth-order valence-electron chi connectivity index (χ4n) is 1.69. The van der Waals surface area contributed by atoms with Crippen LogP contribution in [-0.4, -0.2) is 17.9 Å². The molecular formula is C17H25FN4O2. The average molecular weight is 336 g/mol. The summed E-state index contributed by atoms with van der Waals surface area (Å²) < 4.78 is 13.1. The van der Waals surface area contributed by atoms with Crippen molar-refractivity contribution >= 4 is 11.8 Å². The molecule has 2 amide bonds. The van der Waals surface area contributed by atoms with Gasteiger partial charge >= 0.3 is 0 Å². The van der Waals surface area contributed by atoms with Crippen molar-refractivity contribution in [1.29, 1.82) is 0 Å². The minimum Gasteiger partial charge on any atom is -0.366 e. The van der Waals surface area contributed by atoms with Gasteiger partial charge in [-0.25, -0.2) is 4.39 Å². The Morgan fingerprint density at radius 1 is 1.29 bits per heavy atom. The lowest BCUT2D eigenvalue weighted by atomic mass is 10.1. The van der Waals surface area contributed by atoms with Crippen LogP contribution in [0, 0.1) is 11.7 Å². The van der Waals surface area contributed by atoms with Gasteiger partial charge < -0.3 is 21.7 Å². The molecule has 0 saturated carbocycles. The van der Waals surface area contributed by atoms with Gasteiger partial charge in [-0.15, -0.1) is 0 Å². The van der Waals surface area contributed by atoms with E-state index in [1.54, 1.807) is 12.1 Å². The zero-order chi connectivity index (χ0) is 18.3. The molecule has 7 heteroatoms. The lowest BCUT2D eigenvalue weighted by Crippen LogP contribution is -2.48. The van der Waals surface area contributed by atoms with Crippen molar-refractivity contribution in [1.82, 2.24) is 16.0 Å². The first kappa shape index (κ1) is 19.6. The second-order valence-corrected chi connectivity index (χ2v) is 6.20. The quantitative estimate of drug-likeness (QED) is 0.673. The SMILES string of the molecule is CC(C)C.CC(N)C(=O)NC1=CNC(c2cccc(F)c2)NC1=O. The molecule has 1 heterocycles. The van der Waals surface area contributed by atoms with E-state index in [-0.39, 0.29) is 5.70 Å². The van der Waals surface area contributed by atoms with E-state index in [9.17, 15) is 14.0 Å². The van der Waals surface area contributed by atoms with E-state index in [0.29, 0.717) is 5.56 Å². The number of hydrogen-bond acceptors (Lipinski definition) is 4. The van der Waals surface area contributed by atoms with Gasteiger partial charge in [0.15, 0.2) is 0 Å². The monoisotopic (exact) mass is 336 g/mol. The highest BCUT2D eigenvalue weighted by molar-refractivity contribution is 5.99. The first-order valence-electron chi connectivity index (χ1n) is 7.79. The van der Waals surface area contributed by atoms with Gasteiger partial charge in [0.25, 0.3) is 5.91 Å². The largest absolute Gasteiger partial charge is 0.366 e. The summed E-state index contributed by atoms with van der Waals surface area (Å²) in [6, 6.07) is 5.15. The fraction of sp³-hybridized carbons (Fsp3) is 0.412. The first-order chi connectivity index (χ1) is 11.2. The minimum absolute atomic E-state index is 0.0694. The van der Waals surface area contributed by atoms with Crippen molar-refractivity contribution in [2.75, 3.05) is 0 Å². The van der Waals surface area contributed by atoms with Crippen molar-refractivity contribution in [3.8, 4) is 0 Å². The number of carbonyl (C=O) groups excluding carboxylic acids is 2. The van der Waals surface area contributed by atoms with Crippen LogP contribution in [0.25, 0.3) is 0 Å². The number of carbonyl (C=O) groups is 2. The van der Waals surface area contributed by atoms with Crippen LogP contribution in [0.1, 0.15) is 39.4 Å². The van der Waals surface area contributed by atoms with Crippen molar-refractivity contribution in [3.63, 3.8) is 0 Å². The predicted octanol–water partition coefficient (Wildman–Crippen LogP) is 1.51. The molecule has 2 unspecified atom stereocenters. The molecule has 0 aromatic heterocycles. The van der Waals surface area contributed by atoms with Gasteiger partial charge in [-0.05, 0) is 30.5 Å². The second-order valence-electron chi connectivity index (χ2n) is 6.20. The Balaban J connectivity index is 0.000000648. The number of rotatable bonds is 3. The second kappa shape index (κ2) is 9.02. The Morgan fingerprint density at radius 3 is 2.42 bits per heavy atom. The third-order valence-corrected chi connectivity index (χ3v) is 2.77. The molecule has 1 aliphatic heterocycles. The third kappa shape index (κ3) is 6.37. The van der Waals surface area contributed by atoms with Crippen molar-refractivity contribution < 1.29 is 14.0 Å². The molecule has 1 aliphatic rings. The molecular weight excluding hydrogens is 311 g/mol. The summed E-state index contributed by atoms with van der Waals surface area (Å²) in [7, 11) is 0. The van der Waals surface area contributed by atoms with E-state index in [4.69, 9.17) is 5.73 Å². The summed E-state index contributed by atoms with van der Waals surface area (Å²) in [6.07, 6.45) is 0.823. The van der Waals surface area contributed by atoms with E-state index in [0.717, 1.165) is 5.92 Å². The highest BCUT2D eigenvalue weighted by Crippen LogP contribution is 2.14. The molecule has 0 spiro atoms. The molecule has 1 aromatic rings. The van der Waals surface area contributed by atoms with Gasteiger partial charge in [-0.2, -0.15) is 0 Å². The Bertz CT molecular complexity index is 612. The van der Waals surface area contributed by atoms with Gasteiger partial charge in [0.2, 0.25) is 5.91 Å². The smallest absolute Gasteiger partial charge is 0.271 e. The van der Waals surface area contributed by atoms with Crippen LogP contribution < -0.4 is 21.7 Å². The molecule has 2 rings (SSSR count). The van der Waals surface area contributed by atoms with E-state index in [2.05, 4.69) is 36.7 Å². The number of hydrogen-bond donors (Lipinski definition) is 4. The molecule has 6 nitrogen and oxygen atoms in total. The van der Waals surface area contributed by atoms with E-state index >= 15 is 0 Å². The number of benzene rings is 1. The zero-order valence-corrected chi connectivity index (χ0v) is 14.4. The molecule has 0 bridgehead atoms. The molecule has 0 saturated heterocycles. The summed E-state index contributed by atoms with van der Waals surface area (Å²) >= 11 is 0. The van der Waals surface area contributed by atoms with Gasteiger partial charge in [0.05, 0.1) is 6.04 Å². The van der Waals surface area contributed by atoms with E-state index in [1.165, 1.54) is 25.3 Å². The predicted molar refractivity (Wildman–Crippen MR) is 90.8 cm³/mol. The maximum Gasteiger partial charge on any atom is 0.271 e. The lowest BCUT2D eigenvalue weighted by molar-refractivity contribution is -0.125. The van der Waals surface area contributed by atoms with Crippen molar-refractivity contribution in [3.05, 3.63) is 47.5 Å². The molecule has 0 aliphatic carbocycles. The van der Waals surface area contributed by atoms with Crippen LogP contribution in [0.5, 0.6) is 0 Å². The number of nitrogens with one attached hydrogen (secondary N) is 3. The van der Waals surface area contributed by atoms with E-state index in [1.807, 2.05) is 0 Å². The summed E-state index contributed by atoms with van der Waals surface area (Å²) in [5, 5.41) is 7.88. The standard InChI is InChI=1S/C13H15FN4O2.C4H10/c1-7(15)12(19)17-10-6-16-11(18-13(10)20)8-3-2-4-9(14)5-8;1-4(2)3/h2-7,11,16H,15H2,1H3,(H,17,19)(H,18,20);4H,1-3H3. The average Bonchev–Trinajstić information content (AvgIpc) is 2.48. The molecule has 2 atom stereocenters. The van der Waals surface area contributed by atoms with Crippen molar-refractivity contribution in [2.45, 2.75) is 39.9 Å². The lowest BCUT2D eigenvalue weighted by Gasteiger charge is -2.25. The van der Waals surface area contributed by atoms with E-state index < -0.39 is 29.8 Å². The van der Waals surface area contributed by atoms with Gasteiger partial charge in [-0.3, -0.25) is 9.59 Å². The van der Waals surface area contributed by atoms with Crippen LogP contribution in [0.4, 0.5) is 4.39 Å². The number of halogens is 1. The maximum absolute atomic E-state index is 13.1. The number of amides is 2. The highest BCUT2D eigenvalue weighted by Gasteiger charge is 2.23. The van der Waals surface area contributed by atoms with Crippen LogP contribution in [0.2, 0.25) is 0 Å². The Morgan fingerprint density at radius 2 is 1.92 bits per heavy atom. The number of nitrogens with two attached hydrogens (primary N) is 1. The van der Waals surface area contributed by atoms with Crippen molar-refractivity contribution in [2.24, 2.45) is 11.7 Å². The summed E-state index contributed by atoms with van der Waals surface area (Å²) in [5.41, 5.74) is 6.05. The summed E-state index contributed by atoms with van der Waals surface area (Å²) in [6.45, 7) is 8.01. The molecule has 0 fully saturated rings. The van der Waals surface area contributed by atoms with Crippen LogP contribution in [0.3, 0.4) is 0 Å². The van der Waals surface area contributed by atoms with Gasteiger partial charge in [0, 0.05) is 6.20 Å². The summed E-state index contributed by atoms with van der Waals surface area (Å²) in [5.74, 6) is -0.483. The Labute approximate surface area is 141 Å². The Kier molecular flexibility index (Phi) is 7.38. The van der Waals surface area contributed by atoms with Crippen LogP contribution >= 0.6 is 0 Å². The van der Waals surface area contributed by atoms with Crippen LogP contribution in [0.15, 0.2) is 36.2 Å². The molecule has 0 radical (unpaired) electrons. The van der Waals surface area contributed by atoms with Gasteiger partial charge in [-0.1, -0.05) is 32.9 Å². The molecule has 5 N–H and O–H groups in total. The van der Waals surface area contributed by atoms with Gasteiger partial charge in [0.1, 0.15) is 17.7 Å². The zero-order valence-electron chi connectivity index (χ0n) is 14.4. The third-order valence-electron chi connectivity index (χ3n) is 2.77.